The molecule has 2 aromatic rings. The Bertz CT molecular complexity index is 762. The lowest BCUT2D eigenvalue weighted by molar-refractivity contribution is -0.123. The van der Waals surface area contributed by atoms with Gasteiger partial charge in [-0.3, -0.25) is 4.79 Å². The minimum Gasteiger partial charge on any atom is -0.504 e. The van der Waals surface area contributed by atoms with Crippen LogP contribution >= 0.6 is 15.9 Å². The second kappa shape index (κ2) is 8.35. The van der Waals surface area contributed by atoms with Crippen molar-refractivity contribution in [1.82, 2.24) is 5.43 Å². The van der Waals surface area contributed by atoms with Crippen LogP contribution in [0.5, 0.6) is 17.2 Å². The van der Waals surface area contributed by atoms with Crippen LogP contribution in [-0.4, -0.2) is 30.9 Å². The number of amides is 1. The largest absolute Gasteiger partial charge is 0.504 e. The number of rotatable bonds is 6. The van der Waals surface area contributed by atoms with Crippen molar-refractivity contribution in [2.24, 2.45) is 5.10 Å². The molecule has 0 bridgehead atoms. The highest BCUT2D eigenvalue weighted by Crippen LogP contribution is 2.26. The Morgan fingerprint density at radius 3 is 2.79 bits per heavy atom. The van der Waals surface area contributed by atoms with Gasteiger partial charge in [-0.1, -0.05) is 6.07 Å². The monoisotopic (exact) mass is 392 g/mol. The van der Waals surface area contributed by atoms with Crippen molar-refractivity contribution in [1.29, 1.82) is 0 Å². The first-order valence-electron chi connectivity index (χ1n) is 7.07. The number of benzene rings is 2. The average Bonchev–Trinajstić information content (AvgIpc) is 2.55. The maximum absolute atomic E-state index is 11.7. The van der Waals surface area contributed by atoms with E-state index in [4.69, 9.17) is 9.47 Å². The zero-order valence-electron chi connectivity index (χ0n) is 13.2. The molecule has 7 heteroatoms. The van der Waals surface area contributed by atoms with E-state index in [0.717, 1.165) is 10.0 Å². The molecule has 0 aliphatic carbocycles. The molecule has 0 fully saturated rings. The van der Waals surface area contributed by atoms with Gasteiger partial charge in [0, 0.05) is 0 Å². The van der Waals surface area contributed by atoms with Gasteiger partial charge in [0.1, 0.15) is 5.75 Å². The zero-order valence-corrected chi connectivity index (χ0v) is 14.8. The highest BCUT2D eigenvalue weighted by atomic mass is 79.9. The van der Waals surface area contributed by atoms with Gasteiger partial charge < -0.3 is 14.6 Å². The van der Waals surface area contributed by atoms with Gasteiger partial charge in [-0.15, -0.1) is 0 Å². The van der Waals surface area contributed by atoms with Gasteiger partial charge in [0.2, 0.25) is 0 Å². The number of methoxy groups -OCH3 is 1. The minimum absolute atomic E-state index is 0.0377. The number of hydrazone groups is 1. The van der Waals surface area contributed by atoms with E-state index in [-0.39, 0.29) is 18.3 Å². The second-order valence-corrected chi connectivity index (χ2v) is 5.80. The normalized spacial score (nSPS) is 10.6. The molecule has 0 aliphatic rings. The van der Waals surface area contributed by atoms with Crippen molar-refractivity contribution in [3.05, 3.63) is 52.0 Å². The van der Waals surface area contributed by atoms with E-state index in [0.29, 0.717) is 17.1 Å². The fourth-order valence-electron chi connectivity index (χ4n) is 1.85. The molecule has 0 radical (unpaired) electrons. The first-order valence-corrected chi connectivity index (χ1v) is 7.86. The van der Waals surface area contributed by atoms with E-state index in [1.54, 1.807) is 18.2 Å². The van der Waals surface area contributed by atoms with E-state index in [2.05, 4.69) is 26.5 Å². The Morgan fingerprint density at radius 2 is 2.08 bits per heavy atom. The van der Waals surface area contributed by atoms with Crippen LogP contribution in [0.2, 0.25) is 0 Å². The maximum atomic E-state index is 11.7. The van der Waals surface area contributed by atoms with E-state index in [1.807, 2.05) is 19.1 Å². The summed E-state index contributed by atoms with van der Waals surface area (Å²) in [5.74, 6) is 0.570. The summed E-state index contributed by atoms with van der Waals surface area (Å²) in [6.45, 7) is 1.81. The highest BCUT2D eigenvalue weighted by Gasteiger charge is 2.05. The Labute approximate surface area is 148 Å². The standard InChI is InChI=1S/C17H17BrN2O4/c1-11-3-6-15(13(18)7-11)24-10-17(22)20-19-9-12-4-5-14(21)16(8-12)23-2/h3-9,21H,10H2,1-2H3,(H,20,22). The first kappa shape index (κ1) is 17.8. The van der Waals surface area contributed by atoms with Gasteiger partial charge in [-0.05, 0) is 64.3 Å². The Hall–Kier alpha value is -2.54. The molecule has 0 aromatic heterocycles. The fourth-order valence-corrected chi connectivity index (χ4v) is 2.46. The smallest absolute Gasteiger partial charge is 0.277 e. The number of aromatic hydroxyl groups is 1. The molecule has 6 nitrogen and oxygen atoms in total. The maximum Gasteiger partial charge on any atom is 0.277 e. The van der Waals surface area contributed by atoms with Crippen LogP contribution in [0.3, 0.4) is 0 Å². The SMILES string of the molecule is COc1cc(C=NNC(=O)COc2ccc(C)cc2Br)ccc1O. The molecule has 0 heterocycles. The van der Waals surface area contributed by atoms with Gasteiger partial charge >= 0.3 is 0 Å². The lowest BCUT2D eigenvalue weighted by Gasteiger charge is -2.07. The quantitative estimate of drug-likeness (QED) is 0.584. The lowest BCUT2D eigenvalue weighted by atomic mass is 10.2. The Kier molecular flexibility index (Phi) is 6.20. The van der Waals surface area contributed by atoms with Crippen molar-refractivity contribution in [2.75, 3.05) is 13.7 Å². The molecule has 0 atom stereocenters. The van der Waals surface area contributed by atoms with Crippen molar-refractivity contribution in [3.63, 3.8) is 0 Å². The number of carbonyl (C=O) groups is 1. The molecular weight excluding hydrogens is 376 g/mol. The summed E-state index contributed by atoms with van der Waals surface area (Å²) in [6, 6.07) is 10.3. The number of carbonyl (C=O) groups excluding carboxylic acids is 1. The van der Waals surface area contributed by atoms with E-state index in [1.165, 1.54) is 19.4 Å². The predicted octanol–water partition coefficient (Wildman–Crippen LogP) is 3.00. The van der Waals surface area contributed by atoms with Gasteiger partial charge in [0.05, 0.1) is 17.8 Å². The summed E-state index contributed by atoms with van der Waals surface area (Å²) in [5.41, 5.74) is 4.13. The lowest BCUT2D eigenvalue weighted by Crippen LogP contribution is -2.24. The Morgan fingerprint density at radius 1 is 1.29 bits per heavy atom. The third kappa shape index (κ3) is 4.99. The van der Waals surface area contributed by atoms with Crippen LogP contribution in [0.1, 0.15) is 11.1 Å². The number of hydrogen-bond acceptors (Lipinski definition) is 5. The van der Waals surface area contributed by atoms with E-state index in [9.17, 15) is 9.90 Å². The van der Waals surface area contributed by atoms with E-state index >= 15 is 0 Å². The summed E-state index contributed by atoms with van der Waals surface area (Å²) in [4.78, 5) is 11.7. The summed E-state index contributed by atoms with van der Waals surface area (Å²) in [6.07, 6.45) is 1.45. The Balaban J connectivity index is 1.86. The number of aryl methyl sites for hydroxylation is 1. The van der Waals surface area contributed by atoms with Crippen molar-refractivity contribution < 1.29 is 19.4 Å². The average molecular weight is 393 g/mol. The molecular formula is C17H17BrN2O4. The minimum atomic E-state index is -0.385. The van der Waals surface area contributed by atoms with Crippen LogP contribution in [0, 0.1) is 6.92 Å². The number of ether oxygens (including phenoxy) is 2. The summed E-state index contributed by atoms with van der Waals surface area (Å²) >= 11 is 3.38. The van der Waals surface area contributed by atoms with Crippen LogP contribution in [-0.2, 0) is 4.79 Å². The summed E-state index contributed by atoms with van der Waals surface area (Å²) < 4.78 is 11.2. The zero-order chi connectivity index (χ0) is 17.5. The number of nitrogens with zero attached hydrogens (tertiary/aromatic N) is 1. The van der Waals surface area contributed by atoms with Crippen LogP contribution in [0.15, 0.2) is 46.0 Å². The number of phenols is 1. The van der Waals surface area contributed by atoms with E-state index < -0.39 is 0 Å². The number of hydrogen-bond donors (Lipinski definition) is 2. The van der Waals surface area contributed by atoms with Gasteiger partial charge in [0.25, 0.3) is 5.91 Å². The van der Waals surface area contributed by atoms with Crippen LogP contribution in [0.4, 0.5) is 0 Å². The highest BCUT2D eigenvalue weighted by molar-refractivity contribution is 9.10. The van der Waals surface area contributed by atoms with Crippen molar-refractivity contribution in [3.8, 4) is 17.2 Å². The molecule has 126 valence electrons. The van der Waals surface area contributed by atoms with Gasteiger partial charge in [0.15, 0.2) is 18.1 Å². The topological polar surface area (TPSA) is 80.2 Å². The molecule has 0 saturated carbocycles. The molecule has 0 saturated heterocycles. The molecule has 24 heavy (non-hydrogen) atoms. The number of halogens is 1. The van der Waals surface area contributed by atoms with Gasteiger partial charge in [-0.2, -0.15) is 5.10 Å². The predicted molar refractivity (Wildman–Crippen MR) is 94.8 cm³/mol. The van der Waals surface area contributed by atoms with Crippen LogP contribution in [0.25, 0.3) is 0 Å². The van der Waals surface area contributed by atoms with Crippen LogP contribution < -0.4 is 14.9 Å². The number of nitrogens with one attached hydrogen (secondary N) is 1. The third-order valence-corrected chi connectivity index (χ3v) is 3.67. The van der Waals surface area contributed by atoms with Gasteiger partial charge in [-0.25, -0.2) is 5.43 Å². The molecule has 0 aliphatic heterocycles. The summed E-state index contributed by atoms with van der Waals surface area (Å²) in [7, 11) is 1.46. The van der Waals surface area contributed by atoms with Crippen molar-refractivity contribution >= 4 is 28.1 Å². The molecule has 2 aromatic carbocycles. The molecule has 1 amide bonds. The summed E-state index contributed by atoms with van der Waals surface area (Å²) in [5, 5.41) is 13.3. The van der Waals surface area contributed by atoms with Crippen molar-refractivity contribution in [2.45, 2.75) is 6.92 Å². The molecule has 0 spiro atoms. The number of phenolic OH excluding ortho intramolecular Hbond substituents is 1. The fraction of sp³-hybridized carbons (Fsp3) is 0.176. The molecule has 0 unspecified atom stereocenters. The second-order valence-electron chi connectivity index (χ2n) is 4.95. The third-order valence-electron chi connectivity index (χ3n) is 3.05. The molecule has 2 rings (SSSR count). The first-order chi connectivity index (χ1) is 11.5. The molecule has 2 N–H and O–H groups in total.